The Bertz CT molecular complexity index is 398. The van der Waals surface area contributed by atoms with Gasteiger partial charge in [-0.1, -0.05) is 11.4 Å². The van der Waals surface area contributed by atoms with Crippen LogP contribution in [0.5, 0.6) is 0 Å². The first-order valence-electron chi connectivity index (χ1n) is 5.99. The zero-order chi connectivity index (χ0) is 12.3. The Morgan fingerprint density at radius 2 is 2.24 bits per heavy atom. The second-order valence-electron chi connectivity index (χ2n) is 4.67. The molecule has 1 saturated heterocycles. The van der Waals surface area contributed by atoms with Crippen LogP contribution in [0.25, 0.3) is 0 Å². The molecule has 0 atom stereocenters. The van der Waals surface area contributed by atoms with Gasteiger partial charge >= 0.3 is 0 Å². The first kappa shape index (κ1) is 12.4. The Hall–Kier alpha value is -1.01. The summed E-state index contributed by atoms with van der Waals surface area (Å²) in [5, 5.41) is 10.4. The highest BCUT2D eigenvalue weighted by Crippen LogP contribution is 2.19. The molecular weight excluding hydrogens is 236 g/mol. The van der Waals surface area contributed by atoms with E-state index in [0.717, 1.165) is 38.0 Å². The zero-order valence-electron chi connectivity index (χ0n) is 10.2. The number of rotatable bonds is 3. The first-order valence-corrected chi connectivity index (χ1v) is 6.76. The number of piperidine rings is 1. The lowest BCUT2D eigenvalue weighted by Crippen LogP contribution is -2.52. The standard InChI is InChI=1S/C11H18N4OS/c1-3-8-9(17-15-14-8)10(16)13-11(2)4-6-12-7-5-11/h12H,3-7H2,1-2H3,(H,13,16). The number of hydrogen-bond acceptors (Lipinski definition) is 5. The van der Waals surface area contributed by atoms with E-state index in [1.807, 2.05) is 6.92 Å². The SMILES string of the molecule is CCc1nnsc1C(=O)NC1(C)CCNCC1. The Labute approximate surface area is 105 Å². The highest BCUT2D eigenvalue weighted by molar-refractivity contribution is 7.08. The van der Waals surface area contributed by atoms with Crippen molar-refractivity contribution in [3.05, 3.63) is 10.6 Å². The molecule has 17 heavy (non-hydrogen) atoms. The molecule has 2 N–H and O–H groups in total. The van der Waals surface area contributed by atoms with Crippen LogP contribution < -0.4 is 10.6 Å². The monoisotopic (exact) mass is 254 g/mol. The number of carbonyl (C=O) groups is 1. The lowest BCUT2D eigenvalue weighted by Gasteiger charge is -2.34. The molecule has 0 radical (unpaired) electrons. The normalized spacial score (nSPS) is 18.9. The third kappa shape index (κ3) is 2.81. The molecule has 2 heterocycles. The van der Waals surface area contributed by atoms with Crippen LogP contribution in [0.3, 0.4) is 0 Å². The summed E-state index contributed by atoms with van der Waals surface area (Å²) in [7, 11) is 0. The fourth-order valence-electron chi connectivity index (χ4n) is 2.05. The van der Waals surface area contributed by atoms with Crippen molar-refractivity contribution in [1.82, 2.24) is 20.2 Å². The fraction of sp³-hybridized carbons (Fsp3) is 0.727. The van der Waals surface area contributed by atoms with Crippen molar-refractivity contribution in [2.75, 3.05) is 13.1 Å². The lowest BCUT2D eigenvalue weighted by atomic mass is 9.90. The molecule has 0 spiro atoms. The third-order valence-electron chi connectivity index (χ3n) is 3.22. The van der Waals surface area contributed by atoms with Crippen molar-refractivity contribution in [1.29, 1.82) is 0 Å². The molecule has 2 rings (SSSR count). The highest BCUT2D eigenvalue weighted by atomic mass is 32.1. The van der Waals surface area contributed by atoms with E-state index in [1.165, 1.54) is 11.5 Å². The Kier molecular flexibility index (Phi) is 3.73. The number of aryl methyl sites for hydroxylation is 1. The van der Waals surface area contributed by atoms with Gasteiger partial charge in [0.15, 0.2) is 0 Å². The van der Waals surface area contributed by atoms with Gasteiger partial charge in [-0.2, -0.15) is 0 Å². The predicted molar refractivity (Wildman–Crippen MR) is 67.3 cm³/mol. The summed E-state index contributed by atoms with van der Waals surface area (Å²) in [5.74, 6) is -0.0266. The van der Waals surface area contributed by atoms with Crippen molar-refractivity contribution in [3.8, 4) is 0 Å². The second kappa shape index (κ2) is 5.10. The Balaban J connectivity index is 2.06. The Morgan fingerprint density at radius 1 is 1.53 bits per heavy atom. The second-order valence-corrected chi connectivity index (χ2v) is 5.42. The molecule has 0 unspecified atom stereocenters. The van der Waals surface area contributed by atoms with Gasteiger partial charge in [-0.3, -0.25) is 4.79 Å². The summed E-state index contributed by atoms with van der Waals surface area (Å²) in [4.78, 5) is 12.8. The van der Waals surface area contributed by atoms with Gasteiger partial charge < -0.3 is 10.6 Å². The van der Waals surface area contributed by atoms with Crippen LogP contribution in [0.15, 0.2) is 0 Å². The van der Waals surface area contributed by atoms with Crippen LogP contribution in [0, 0.1) is 0 Å². The van der Waals surface area contributed by atoms with E-state index < -0.39 is 0 Å². The maximum absolute atomic E-state index is 12.2. The highest BCUT2D eigenvalue weighted by Gasteiger charge is 2.30. The van der Waals surface area contributed by atoms with Gasteiger partial charge in [0.25, 0.3) is 5.91 Å². The quantitative estimate of drug-likeness (QED) is 0.843. The number of nitrogens with one attached hydrogen (secondary N) is 2. The molecule has 0 aromatic carbocycles. The lowest BCUT2D eigenvalue weighted by molar-refractivity contribution is 0.0890. The maximum Gasteiger partial charge on any atom is 0.265 e. The predicted octanol–water partition coefficient (Wildman–Crippen LogP) is 0.972. The molecule has 5 nitrogen and oxygen atoms in total. The number of carbonyl (C=O) groups excluding carboxylic acids is 1. The van der Waals surface area contributed by atoms with Gasteiger partial charge in [-0.05, 0) is 50.8 Å². The maximum atomic E-state index is 12.2. The third-order valence-corrected chi connectivity index (χ3v) is 3.99. The summed E-state index contributed by atoms with van der Waals surface area (Å²) in [6, 6.07) is 0. The van der Waals surface area contributed by atoms with Gasteiger partial charge in [0.1, 0.15) is 4.88 Å². The van der Waals surface area contributed by atoms with Crippen molar-refractivity contribution >= 4 is 17.4 Å². The minimum atomic E-state index is -0.0999. The molecule has 1 aromatic heterocycles. The molecule has 1 amide bonds. The molecule has 1 aliphatic heterocycles. The molecule has 1 aliphatic rings. The van der Waals surface area contributed by atoms with Crippen molar-refractivity contribution in [2.45, 2.75) is 38.6 Å². The zero-order valence-corrected chi connectivity index (χ0v) is 11.1. The number of nitrogens with zero attached hydrogens (tertiary/aromatic N) is 2. The molecule has 94 valence electrons. The molecule has 0 saturated carbocycles. The van der Waals surface area contributed by atoms with Gasteiger partial charge in [0.05, 0.1) is 5.69 Å². The van der Waals surface area contributed by atoms with Crippen LogP contribution in [0.1, 0.15) is 42.1 Å². The van der Waals surface area contributed by atoms with Crippen LogP contribution in [0.4, 0.5) is 0 Å². The smallest absolute Gasteiger partial charge is 0.265 e. The van der Waals surface area contributed by atoms with E-state index in [9.17, 15) is 4.79 Å². The van der Waals surface area contributed by atoms with Crippen molar-refractivity contribution in [2.24, 2.45) is 0 Å². The fourth-order valence-corrected chi connectivity index (χ4v) is 2.69. The Morgan fingerprint density at radius 3 is 2.88 bits per heavy atom. The molecule has 0 aliphatic carbocycles. The van der Waals surface area contributed by atoms with E-state index in [2.05, 4.69) is 27.1 Å². The summed E-state index contributed by atoms with van der Waals surface area (Å²) in [5.41, 5.74) is 0.696. The van der Waals surface area contributed by atoms with Gasteiger partial charge in [0.2, 0.25) is 0 Å². The largest absolute Gasteiger partial charge is 0.346 e. The number of hydrogen-bond donors (Lipinski definition) is 2. The van der Waals surface area contributed by atoms with E-state index >= 15 is 0 Å². The molecule has 1 aromatic rings. The summed E-state index contributed by atoms with van der Waals surface area (Å²) in [6.07, 6.45) is 2.68. The van der Waals surface area contributed by atoms with Gasteiger partial charge in [-0.15, -0.1) is 5.10 Å². The summed E-state index contributed by atoms with van der Waals surface area (Å²) < 4.78 is 3.85. The van der Waals surface area contributed by atoms with Crippen molar-refractivity contribution in [3.63, 3.8) is 0 Å². The van der Waals surface area contributed by atoms with Crippen molar-refractivity contribution < 1.29 is 4.79 Å². The molecular formula is C11H18N4OS. The molecule has 1 fully saturated rings. The minimum Gasteiger partial charge on any atom is -0.346 e. The molecule has 0 bridgehead atoms. The number of aromatic nitrogens is 2. The average molecular weight is 254 g/mol. The van der Waals surface area contributed by atoms with E-state index in [4.69, 9.17) is 0 Å². The van der Waals surface area contributed by atoms with Gasteiger partial charge in [-0.25, -0.2) is 0 Å². The topological polar surface area (TPSA) is 66.9 Å². The average Bonchev–Trinajstić information content (AvgIpc) is 2.77. The van der Waals surface area contributed by atoms with E-state index in [-0.39, 0.29) is 11.4 Å². The minimum absolute atomic E-state index is 0.0266. The van der Waals surface area contributed by atoms with Gasteiger partial charge in [0, 0.05) is 5.54 Å². The first-order chi connectivity index (χ1) is 8.14. The van der Waals surface area contributed by atoms with Crippen LogP contribution >= 0.6 is 11.5 Å². The van der Waals surface area contributed by atoms with Crippen LogP contribution in [0.2, 0.25) is 0 Å². The van der Waals surface area contributed by atoms with E-state index in [1.54, 1.807) is 0 Å². The van der Waals surface area contributed by atoms with Crippen LogP contribution in [-0.4, -0.2) is 34.1 Å². The summed E-state index contributed by atoms with van der Waals surface area (Å²) >= 11 is 1.18. The van der Waals surface area contributed by atoms with E-state index in [0.29, 0.717) is 4.88 Å². The molecule has 6 heteroatoms. The van der Waals surface area contributed by atoms with Crippen LogP contribution in [-0.2, 0) is 6.42 Å². The number of amides is 1. The summed E-state index contributed by atoms with van der Waals surface area (Å²) in [6.45, 7) is 6.00.